The Morgan fingerprint density at radius 2 is 2.07 bits per heavy atom. The van der Waals surface area contributed by atoms with Crippen molar-refractivity contribution in [3.05, 3.63) is 0 Å². The summed E-state index contributed by atoms with van der Waals surface area (Å²) in [6.07, 6.45) is 6.04. The molecule has 1 unspecified atom stereocenters. The molecular formula is C12H25NOS. The molecule has 1 atom stereocenters. The van der Waals surface area contributed by atoms with E-state index in [1.54, 1.807) is 7.11 Å². The molecule has 1 aliphatic carbocycles. The summed E-state index contributed by atoms with van der Waals surface area (Å²) in [5, 5.41) is 3.63. The molecule has 2 nitrogen and oxygen atoms in total. The number of rotatable bonds is 7. The summed E-state index contributed by atoms with van der Waals surface area (Å²) in [6, 6.07) is 0.532. The second-order valence-electron chi connectivity index (χ2n) is 5.34. The van der Waals surface area contributed by atoms with E-state index in [9.17, 15) is 0 Å². The van der Waals surface area contributed by atoms with E-state index in [0.717, 1.165) is 13.0 Å². The summed E-state index contributed by atoms with van der Waals surface area (Å²) in [5.41, 5.74) is -0.0114. The maximum Gasteiger partial charge on any atom is 0.0637 e. The first kappa shape index (κ1) is 13.3. The van der Waals surface area contributed by atoms with Gasteiger partial charge >= 0.3 is 0 Å². The molecule has 0 radical (unpaired) electrons. The van der Waals surface area contributed by atoms with Crippen molar-refractivity contribution in [2.45, 2.75) is 56.4 Å². The Morgan fingerprint density at radius 3 is 2.47 bits per heavy atom. The van der Waals surface area contributed by atoms with Crippen LogP contribution in [0.1, 0.15) is 40.0 Å². The van der Waals surface area contributed by atoms with Crippen LogP contribution in [0, 0.1) is 0 Å². The predicted molar refractivity (Wildman–Crippen MR) is 68.6 cm³/mol. The van der Waals surface area contributed by atoms with Crippen molar-refractivity contribution in [2.24, 2.45) is 0 Å². The van der Waals surface area contributed by atoms with Crippen molar-refractivity contribution >= 4 is 11.8 Å². The first-order chi connectivity index (χ1) is 6.93. The van der Waals surface area contributed by atoms with Gasteiger partial charge in [-0.25, -0.2) is 0 Å². The Labute approximate surface area is 98.5 Å². The summed E-state index contributed by atoms with van der Waals surface area (Å²) < 4.78 is 6.00. The van der Waals surface area contributed by atoms with Crippen molar-refractivity contribution in [3.63, 3.8) is 0 Å². The summed E-state index contributed by atoms with van der Waals surface area (Å²) >= 11 is 2.01. The normalized spacial score (nSPS) is 21.4. The lowest BCUT2D eigenvalue weighted by Crippen LogP contribution is -2.39. The van der Waals surface area contributed by atoms with Gasteiger partial charge in [0.2, 0.25) is 0 Å². The van der Waals surface area contributed by atoms with Gasteiger partial charge in [0.25, 0.3) is 0 Å². The number of thioether (sulfide) groups is 1. The Bertz CT molecular complexity index is 202. The third-order valence-corrected chi connectivity index (χ3v) is 4.78. The quantitative estimate of drug-likeness (QED) is 0.728. The molecule has 1 saturated carbocycles. The Morgan fingerprint density at radius 1 is 1.47 bits per heavy atom. The van der Waals surface area contributed by atoms with Gasteiger partial charge in [0, 0.05) is 24.4 Å². The number of methoxy groups -OCH3 is 1. The van der Waals surface area contributed by atoms with Crippen molar-refractivity contribution in [1.29, 1.82) is 0 Å². The van der Waals surface area contributed by atoms with Crippen molar-refractivity contribution in [3.8, 4) is 0 Å². The average molecular weight is 231 g/mol. The summed E-state index contributed by atoms with van der Waals surface area (Å²) in [6.45, 7) is 7.69. The lowest BCUT2D eigenvalue weighted by Gasteiger charge is -2.28. The summed E-state index contributed by atoms with van der Waals surface area (Å²) in [5.74, 6) is 0. The number of nitrogens with one attached hydrogen (secondary N) is 1. The zero-order valence-electron chi connectivity index (χ0n) is 10.7. The van der Waals surface area contributed by atoms with E-state index in [1.165, 1.54) is 12.8 Å². The molecule has 0 bridgehead atoms. The minimum atomic E-state index is -0.0114. The Kier molecular flexibility index (Phi) is 4.50. The van der Waals surface area contributed by atoms with E-state index in [-0.39, 0.29) is 5.60 Å². The van der Waals surface area contributed by atoms with Crippen LogP contribution < -0.4 is 5.32 Å². The monoisotopic (exact) mass is 231 g/mol. The number of hydrogen-bond acceptors (Lipinski definition) is 3. The van der Waals surface area contributed by atoms with E-state index < -0.39 is 0 Å². The third-order valence-electron chi connectivity index (χ3n) is 3.36. The maximum absolute atomic E-state index is 5.44. The maximum atomic E-state index is 5.44. The molecule has 15 heavy (non-hydrogen) atoms. The van der Waals surface area contributed by atoms with E-state index in [2.05, 4.69) is 32.3 Å². The number of hydrogen-bond donors (Lipinski definition) is 1. The molecule has 0 aromatic carbocycles. The van der Waals surface area contributed by atoms with Gasteiger partial charge in [-0.05, 0) is 46.3 Å². The van der Waals surface area contributed by atoms with Crippen LogP contribution in [0.2, 0.25) is 0 Å². The smallest absolute Gasteiger partial charge is 0.0637 e. The topological polar surface area (TPSA) is 21.3 Å². The summed E-state index contributed by atoms with van der Waals surface area (Å²) in [4.78, 5) is 0. The minimum Gasteiger partial charge on any atom is -0.379 e. The van der Waals surface area contributed by atoms with Crippen LogP contribution in [-0.4, -0.2) is 36.3 Å². The first-order valence-corrected chi connectivity index (χ1v) is 6.99. The van der Waals surface area contributed by atoms with Crippen molar-refractivity contribution in [2.75, 3.05) is 19.9 Å². The lowest BCUT2D eigenvalue weighted by molar-refractivity contribution is 0.00859. The minimum absolute atomic E-state index is 0.0114. The molecule has 1 aliphatic rings. The highest BCUT2D eigenvalue weighted by Gasteiger charge is 2.41. The molecule has 0 spiro atoms. The van der Waals surface area contributed by atoms with Crippen LogP contribution in [0.25, 0.3) is 0 Å². The van der Waals surface area contributed by atoms with Gasteiger partial charge in [0.1, 0.15) is 0 Å². The van der Waals surface area contributed by atoms with Gasteiger partial charge in [0.15, 0.2) is 0 Å². The SMILES string of the molecule is COC(C)(C)CC(C)NCC1(SC)CC1. The van der Waals surface area contributed by atoms with Gasteiger partial charge < -0.3 is 10.1 Å². The zero-order chi connectivity index (χ0) is 11.5. The zero-order valence-corrected chi connectivity index (χ0v) is 11.5. The van der Waals surface area contributed by atoms with Gasteiger partial charge in [-0.2, -0.15) is 11.8 Å². The van der Waals surface area contributed by atoms with Gasteiger partial charge in [-0.3, -0.25) is 0 Å². The Balaban J connectivity index is 2.21. The third kappa shape index (κ3) is 4.33. The average Bonchev–Trinajstić information content (AvgIpc) is 2.95. The van der Waals surface area contributed by atoms with Crippen LogP contribution in [0.15, 0.2) is 0 Å². The van der Waals surface area contributed by atoms with Gasteiger partial charge in [-0.1, -0.05) is 0 Å². The molecule has 90 valence electrons. The molecule has 3 heteroatoms. The molecule has 0 aromatic heterocycles. The lowest BCUT2D eigenvalue weighted by atomic mass is 10.00. The molecule has 0 amide bonds. The molecule has 1 fully saturated rings. The van der Waals surface area contributed by atoms with Crippen LogP contribution in [0.4, 0.5) is 0 Å². The van der Waals surface area contributed by atoms with Crippen LogP contribution >= 0.6 is 11.8 Å². The highest BCUT2D eigenvalue weighted by Crippen LogP contribution is 2.46. The fourth-order valence-electron chi connectivity index (χ4n) is 1.85. The van der Waals surface area contributed by atoms with Crippen molar-refractivity contribution in [1.82, 2.24) is 5.32 Å². The standard InChI is InChI=1S/C12H25NOS/c1-10(8-11(2,3)14-4)13-9-12(15-5)6-7-12/h10,13H,6-9H2,1-5H3. The molecule has 1 N–H and O–H groups in total. The fourth-order valence-corrected chi connectivity index (χ4v) is 2.58. The predicted octanol–water partition coefficient (Wildman–Crippen LogP) is 2.68. The second kappa shape index (κ2) is 5.07. The van der Waals surface area contributed by atoms with Crippen LogP contribution in [0.3, 0.4) is 0 Å². The van der Waals surface area contributed by atoms with Crippen LogP contribution in [-0.2, 0) is 4.74 Å². The molecule has 0 aromatic rings. The van der Waals surface area contributed by atoms with Crippen molar-refractivity contribution < 1.29 is 4.74 Å². The molecule has 1 rings (SSSR count). The highest BCUT2D eigenvalue weighted by atomic mass is 32.2. The van der Waals surface area contributed by atoms with E-state index in [4.69, 9.17) is 4.74 Å². The van der Waals surface area contributed by atoms with E-state index >= 15 is 0 Å². The number of ether oxygens (including phenoxy) is 1. The van der Waals surface area contributed by atoms with Gasteiger partial charge in [-0.15, -0.1) is 0 Å². The highest BCUT2D eigenvalue weighted by molar-refractivity contribution is 8.00. The second-order valence-corrected chi connectivity index (χ2v) is 6.61. The first-order valence-electron chi connectivity index (χ1n) is 5.77. The fraction of sp³-hybridized carbons (Fsp3) is 1.00. The molecule has 0 aliphatic heterocycles. The largest absolute Gasteiger partial charge is 0.379 e. The summed E-state index contributed by atoms with van der Waals surface area (Å²) in [7, 11) is 1.79. The molecular weight excluding hydrogens is 206 g/mol. The van der Waals surface area contributed by atoms with Crippen LogP contribution in [0.5, 0.6) is 0 Å². The van der Waals surface area contributed by atoms with E-state index in [0.29, 0.717) is 10.8 Å². The van der Waals surface area contributed by atoms with Gasteiger partial charge in [0.05, 0.1) is 5.60 Å². The molecule has 0 saturated heterocycles. The Hall–Kier alpha value is 0.270. The van der Waals surface area contributed by atoms with E-state index in [1.807, 2.05) is 11.8 Å². The molecule has 0 heterocycles.